The molecule has 2 aliphatic rings. The molecule has 3 atom stereocenters. The van der Waals surface area contributed by atoms with Gasteiger partial charge in [0.05, 0.1) is 18.7 Å². The first-order valence-corrected chi connectivity index (χ1v) is 12.2. The first-order valence-electron chi connectivity index (χ1n) is 12.2. The van der Waals surface area contributed by atoms with Crippen LogP contribution in [0.15, 0.2) is 41.2 Å². The zero-order chi connectivity index (χ0) is 24.7. The highest BCUT2D eigenvalue weighted by Crippen LogP contribution is 2.41. The Balaban J connectivity index is 1.56. The number of nitriles is 1. The lowest BCUT2D eigenvalue weighted by Gasteiger charge is -2.51. The second kappa shape index (κ2) is 9.23. The van der Waals surface area contributed by atoms with Crippen LogP contribution < -0.4 is 19.9 Å². The number of rotatable bonds is 5. The van der Waals surface area contributed by atoms with E-state index >= 15 is 0 Å². The number of fused-ring (bicyclic) bond motifs is 5. The molecule has 0 radical (unpaired) electrons. The standard InChI is InChI=1S/C27H31N5O3/c1-5-19-14-32-20(15-31(19)22(6-2)17-7-10-21(34-4)11-8-17)16-35-26-25(32)24-23(30(3)27(26)33)12-9-18(13-28)29-24/h7-12,19-20,22H,5-6,14-16H2,1-4H3/t19-,20+,22-/m1/s1. The monoisotopic (exact) mass is 473 g/mol. The maximum absolute atomic E-state index is 13.2. The van der Waals surface area contributed by atoms with Crippen molar-refractivity contribution in [3.8, 4) is 17.6 Å². The van der Waals surface area contributed by atoms with Gasteiger partial charge in [-0.3, -0.25) is 9.69 Å². The van der Waals surface area contributed by atoms with Gasteiger partial charge in [-0.05, 0) is 42.7 Å². The van der Waals surface area contributed by atoms with Gasteiger partial charge in [0.25, 0.3) is 5.56 Å². The number of benzene rings is 1. The van der Waals surface area contributed by atoms with E-state index in [1.54, 1.807) is 30.9 Å². The minimum Gasteiger partial charge on any atom is -0.497 e. The van der Waals surface area contributed by atoms with Crippen molar-refractivity contribution in [2.45, 2.75) is 44.8 Å². The molecular formula is C27H31N5O3. The minimum absolute atomic E-state index is 0.0837. The largest absolute Gasteiger partial charge is 0.497 e. The minimum atomic E-state index is -0.169. The second-order valence-corrected chi connectivity index (χ2v) is 9.29. The van der Waals surface area contributed by atoms with E-state index in [1.165, 1.54) is 5.56 Å². The fourth-order valence-electron chi connectivity index (χ4n) is 5.63. The quantitative estimate of drug-likeness (QED) is 0.560. The van der Waals surface area contributed by atoms with Crippen LogP contribution in [0.4, 0.5) is 5.69 Å². The topological polar surface area (TPSA) is 83.6 Å². The molecule has 3 aromatic rings. The molecular weight excluding hydrogens is 442 g/mol. The summed E-state index contributed by atoms with van der Waals surface area (Å²) in [4.78, 5) is 22.7. The van der Waals surface area contributed by atoms with Crippen molar-refractivity contribution in [3.63, 3.8) is 0 Å². The molecule has 8 heteroatoms. The molecule has 4 heterocycles. The van der Waals surface area contributed by atoms with E-state index in [9.17, 15) is 10.1 Å². The van der Waals surface area contributed by atoms with Crippen LogP contribution in [0.2, 0.25) is 0 Å². The smallest absolute Gasteiger partial charge is 0.295 e. The van der Waals surface area contributed by atoms with Gasteiger partial charge < -0.3 is 18.9 Å². The molecule has 0 spiro atoms. The van der Waals surface area contributed by atoms with Crippen LogP contribution in [0, 0.1) is 11.3 Å². The van der Waals surface area contributed by atoms with Gasteiger partial charge in [-0.2, -0.15) is 5.26 Å². The van der Waals surface area contributed by atoms with E-state index in [4.69, 9.17) is 9.47 Å². The third-order valence-electron chi connectivity index (χ3n) is 7.49. The molecule has 0 unspecified atom stereocenters. The van der Waals surface area contributed by atoms with Gasteiger partial charge in [0.1, 0.15) is 35.3 Å². The zero-order valence-corrected chi connectivity index (χ0v) is 20.7. The zero-order valence-electron chi connectivity index (χ0n) is 20.7. The summed E-state index contributed by atoms with van der Waals surface area (Å²) in [6.07, 6.45) is 1.97. The number of hydrogen-bond donors (Lipinski definition) is 0. The van der Waals surface area contributed by atoms with Crippen molar-refractivity contribution in [1.29, 1.82) is 5.26 Å². The Hall–Kier alpha value is -3.57. The molecule has 35 heavy (non-hydrogen) atoms. The molecule has 182 valence electrons. The number of pyridine rings is 2. The summed E-state index contributed by atoms with van der Waals surface area (Å²) in [5.41, 5.74) is 3.52. The predicted octanol–water partition coefficient (Wildman–Crippen LogP) is 3.63. The molecule has 1 fully saturated rings. The molecule has 2 aliphatic heterocycles. The van der Waals surface area contributed by atoms with Crippen molar-refractivity contribution < 1.29 is 9.47 Å². The first kappa shape index (κ1) is 23.2. The van der Waals surface area contributed by atoms with Crippen LogP contribution in [-0.2, 0) is 7.05 Å². The number of hydrogen-bond acceptors (Lipinski definition) is 7. The first-order chi connectivity index (χ1) is 17.0. The molecule has 1 saturated heterocycles. The highest BCUT2D eigenvalue weighted by molar-refractivity contribution is 5.93. The Morgan fingerprint density at radius 3 is 2.63 bits per heavy atom. The Morgan fingerprint density at radius 2 is 1.97 bits per heavy atom. The average Bonchev–Trinajstić information content (AvgIpc) is 2.91. The van der Waals surface area contributed by atoms with E-state index in [0.29, 0.717) is 35.1 Å². The van der Waals surface area contributed by atoms with E-state index in [1.807, 2.05) is 12.1 Å². The Kier molecular flexibility index (Phi) is 6.12. The SMILES string of the molecule is CC[C@@H]1CN2c3c(c(=O)n(C)c4ccc(C#N)nc34)OC[C@@H]2CN1[C@H](CC)c1ccc(OC)cc1. The van der Waals surface area contributed by atoms with Crippen LogP contribution in [0.25, 0.3) is 11.0 Å². The van der Waals surface area contributed by atoms with Crippen molar-refractivity contribution in [2.75, 3.05) is 31.7 Å². The molecule has 2 aromatic heterocycles. The van der Waals surface area contributed by atoms with E-state index in [2.05, 4.69) is 46.8 Å². The number of aromatic nitrogens is 2. The van der Waals surface area contributed by atoms with Gasteiger partial charge in [-0.25, -0.2) is 4.98 Å². The Bertz CT molecular complexity index is 1340. The summed E-state index contributed by atoms with van der Waals surface area (Å²) in [5.74, 6) is 1.19. The fraction of sp³-hybridized carbons (Fsp3) is 0.444. The van der Waals surface area contributed by atoms with Crippen LogP contribution >= 0.6 is 0 Å². The van der Waals surface area contributed by atoms with Crippen LogP contribution in [0.1, 0.15) is 44.0 Å². The summed E-state index contributed by atoms with van der Waals surface area (Å²) in [6, 6.07) is 14.6. The van der Waals surface area contributed by atoms with Gasteiger partial charge in [0.2, 0.25) is 5.75 Å². The highest BCUT2D eigenvalue weighted by atomic mass is 16.5. The number of methoxy groups -OCH3 is 1. The fourth-order valence-corrected chi connectivity index (χ4v) is 5.63. The van der Waals surface area contributed by atoms with Gasteiger partial charge >= 0.3 is 0 Å². The number of nitrogens with zero attached hydrogens (tertiary/aromatic N) is 5. The molecule has 1 aromatic carbocycles. The molecule has 0 N–H and O–H groups in total. The van der Waals surface area contributed by atoms with E-state index in [-0.39, 0.29) is 17.6 Å². The molecule has 0 aliphatic carbocycles. The average molecular weight is 474 g/mol. The third kappa shape index (κ3) is 3.80. The lowest BCUT2D eigenvalue weighted by atomic mass is 9.94. The van der Waals surface area contributed by atoms with Gasteiger partial charge in [0, 0.05) is 32.2 Å². The van der Waals surface area contributed by atoms with Crippen LogP contribution in [0.3, 0.4) is 0 Å². The summed E-state index contributed by atoms with van der Waals surface area (Å²) in [7, 11) is 3.41. The van der Waals surface area contributed by atoms with Crippen molar-refractivity contribution in [1.82, 2.24) is 14.5 Å². The number of anilines is 1. The molecule has 0 saturated carbocycles. The Morgan fingerprint density at radius 1 is 1.20 bits per heavy atom. The normalized spacial score (nSPS) is 20.5. The van der Waals surface area contributed by atoms with E-state index < -0.39 is 0 Å². The summed E-state index contributed by atoms with van der Waals surface area (Å²) in [6.45, 7) is 6.47. The number of aryl methyl sites for hydroxylation is 1. The lowest BCUT2D eigenvalue weighted by Crippen LogP contribution is -2.62. The van der Waals surface area contributed by atoms with Gasteiger partial charge in [-0.15, -0.1) is 0 Å². The molecule has 0 amide bonds. The number of ether oxygens (including phenoxy) is 2. The van der Waals surface area contributed by atoms with Gasteiger partial charge in [0.15, 0.2) is 0 Å². The predicted molar refractivity (Wildman–Crippen MR) is 135 cm³/mol. The summed E-state index contributed by atoms with van der Waals surface area (Å²) in [5, 5.41) is 9.46. The second-order valence-electron chi connectivity index (χ2n) is 9.29. The summed E-state index contributed by atoms with van der Waals surface area (Å²) >= 11 is 0. The lowest BCUT2D eigenvalue weighted by molar-refractivity contribution is 0.0720. The molecule has 5 rings (SSSR count). The molecule has 0 bridgehead atoms. The van der Waals surface area contributed by atoms with Crippen LogP contribution in [-0.4, -0.2) is 53.3 Å². The number of piperazine rings is 1. The third-order valence-corrected chi connectivity index (χ3v) is 7.49. The maximum Gasteiger partial charge on any atom is 0.295 e. The van der Waals surface area contributed by atoms with Gasteiger partial charge in [-0.1, -0.05) is 26.0 Å². The Labute approximate surface area is 205 Å². The van der Waals surface area contributed by atoms with Crippen molar-refractivity contribution in [3.05, 3.63) is 58.0 Å². The summed E-state index contributed by atoms with van der Waals surface area (Å²) < 4.78 is 13.0. The van der Waals surface area contributed by atoms with Crippen molar-refractivity contribution >= 4 is 16.7 Å². The highest BCUT2D eigenvalue weighted by Gasteiger charge is 2.42. The van der Waals surface area contributed by atoms with Crippen LogP contribution in [0.5, 0.6) is 11.5 Å². The van der Waals surface area contributed by atoms with Crippen molar-refractivity contribution in [2.24, 2.45) is 7.05 Å². The van der Waals surface area contributed by atoms with E-state index in [0.717, 1.165) is 37.4 Å². The molecule has 8 nitrogen and oxygen atoms in total. The maximum atomic E-state index is 13.2.